The highest BCUT2D eigenvalue weighted by Gasteiger charge is 2.33. The van der Waals surface area contributed by atoms with Crippen molar-refractivity contribution in [3.05, 3.63) is 52.0 Å². The number of hydrogen-bond donors (Lipinski definition) is 1. The lowest BCUT2D eigenvalue weighted by Gasteiger charge is -2.37. The molecule has 35 heavy (non-hydrogen) atoms. The summed E-state index contributed by atoms with van der Waals surface area (Å²) < 4.78 is 24.6. The quantitative estimate of drug-likeness (QED) is 0.569. The van der Waals surface area contributed by atoms with Crippen molar-refractivity contribution in [1.82, 2.24) is 20.0 Å². The number of carbonyl (C=O) groups excluding carboxylic acids is 2. The third-order valence-corrected chi connectivity index (χ3v) is 7.36. The van der Waals surface area contributed by atoms with E-state index in [4.69, 9.17) is 9.47 Å². The molecule has 1 atom stereocenters. The number of rotatable bonds is 9. The monoisotopic (exact) mass is 504 g/mol. The number of amides is 3. The summed E-state index contributed by atoms with van der Waals surface area (Å²) >= 11 is 1.68. The topological polar surface area (TPSA) is 74.4 Å². The third-order valence-electron chi connectivity index (χ3n) is 6.37. The van der Waals surface area contributed by atoms with Crippen molar-refractivity contribution >= 4 is 23.3 Å². The van der Waals surface area contributed by atoms with E-state index in [0.717, 1.165) is 25.1 Å². The maximum absolute atomic E-state index is 13.5. The zero-order chi connectivity index (χ0) is 24.6. The Bertz CT molecular complexity index is 980. The van der Waals surface area contributed by atoms with Gasteiger partial charge in [-0.15, -0.1) is 11.3 Å². The van der Waals surface area contributed by atoms with E-state index < -0.39 is 0 Å². The van der Waals surface area contributed by atoms with Gasteiger partial charge in [-0.1, -0.05) is 0 Å². The molecule has 8 nitrogen and oxygen atoms in total. The number of thiophene rings is 1. The Hall–Kier alpha value is -2.69. The predicted molar refractivity (Wildman–Crippen MR) is 132 cm³/mol. The van der Waals surface area contributed by atoms with Crippen LogP contribution < -0.4 is 10.1 Å². The standard InChI is InChI=1S/C25H33FN4O4S/c1-2-27-25(32)29(11-10-28-12-14-33-15-13-28)17-24(31)30-9-7-23-21(8-16-35-23)22(30)18-34-20-5-3-19(26)4-6-20/h3-6,8,16,22H,2,7,9-15,17-18H2,1H3,(H,27,32). The summed E-state index contributed by atoms with van der Waals surface area (Å²) in [6, 6.07) is 7.42. The Morgan fingerprint density at radius 3 is 2.71 bits per heavy atom. The first-order valence-electron chi connectivity index (χ1n) is 12.1. The Morgan fingerprint density at radius 1 is 1.20 bits per heavy atom. The minimum atomic E-state index is -0.325. The fourth-order valence-electron chi connectivity index (χ4n) is 4.44. The first kappa shape index (κ1) is 25.4. The zero-order valence-electron chi connectivity index (χ0n) is 20.1. The molecule has 1 aromatic heterocycles. The number of morpholine rings is 1. The number of benzene rings is 1. The van der Waals surface area contributed by atoms with Gasteiger partial charge in [0.2, 0.25) is 5.91 Å². The van der Waals surface area contributed by atoms with Crippen molar-refractivity contribution in [2.45, 2.75) is 19.4 Å². The largest absolute Gasteiger partial charge is 0.491 e. The van der Waals surface area contributed by atoms with Crippen molar-refractivity contribution in [3.63, 3.8) is 0 Å². The number of nitrogens with one attached hydrogen (secondary N) is 1. The van der Waals surface area contributed by atoms with E-state index in [1.165, 1.54) is 17.0 Å². The number of carbonyl (C=O) groups is 2. The van der Waals surface area contributed by atoms with Crippen LogP contribution in [0.5, 0.6) is 5.75 Å². The highest BCUT2D eigenvalue weighted by atomic mass is 32.1. The van der Waals surface area contributed by atoms with Crippen molar-refractivity contribution in [3.8, 4) is 5.75 Å². The van der Waals surface area contributed by atoms with Crippen LogP contribution in [0, 0.1) is 5.82 Å². The summed E-state index contributed by atoms with van der Waals surface area (Å²) in [5.41, 5.74) is 1.08. The Kier molecular flexibility index (Phi) is 8.95. The van der Waals surface area contributed by atoms with E-state index in [2.05, 4.69) is 10.2 Å². The van der Waals surface area contributed by atoms with Crippen LogP contribution in [0.25, 0.3) is 0 Å². The van der Waals surface area contributed by atoms with Gasteiger partial charge in [0.25, 0.3) is 0 Å². The lowest BCUT2D eigenvalue weighted by Crippen LogP contribution is -2.51. The van der Waals surface area contributed by atoms with Crippen molar-refractivity contribution in [1.29, 1.82) is 0 Å². The van der Waals surface area contributed by atoms with E-state index in [1.54, 1.807) is 28.4 Å². The van der Waals surface area contributed by atoms with Gasteiger partial charge in [-0.05, 0) is 54.6 Å². The average Bonchev–Trinajstić information content (AvgIpc) is 3.36. The van der Waals surface area contributed by atoms with Crippen LogP contribution >= 0.6 is 11.3 Å². The second kappa shape index (κ2) is 12.3. The van der Waals surface area contributed by atoms with E-state index in [0.29, 0.717) is 45.1 Å². The normalized spacial score (nSPS) is 18.1. The molecule has 0 spiro atoms. The Morgan fingerprint density at radius 2 is 1.97 bits per heavy atom. The Balaban J connectivity index is 1.44. The molecule has 2 aliphatic heterocycles. The van der Waals surface area contributed by atoms with Gasteiger partial charge < -0.3 is 24.6 Å². The van der Waals surface area contributed by atoms with Crippen LogP contribution in [0.1, 0.15) is 23.4 Å². The van der Waals surface area contributed by atoms with Crippen LogP contribution in [-0.2, 0) is 16.0 Å². The maximum atomic E-state index is 13.5. The second-order valence-corrected chi connectivity index (χ2v) is 9.63. The number of ether oxygens (including phenoxy) is 2. The number of halogens is 1. The third kappa shape index (κ3) is 6.71. The Labute approximate surface area is 209 Å². The van der Waals surface area contributed by atoms with E-state index in [9.17, 15) is 14.0 Å². The molecule has 0 saturated carbocycles. The molecule has 1 N–H and O–H groups in total. The summed E-state index contributed by atoms with van der Waals surface area (Å²) in [5, 5.41) is 4.87. The summed E-state index contributed by atoms with van der Waals surface area (Å²) in [6.45, 7) is 7.38. The predicted octanol–water partition coefficient (Wildman–Crippen LogP) is 2.76. The van der Waals surface area contributed by atoms with Crippen LogP contribution in [-0.4, -0.2) is 92.3 Å². The lowest BCUT2D eigenvalue weighted by molar-refractivity contribution is -0.135. The highest BCUT2D eigenvalue weighted by Crippen LogP contribution is 2.34. The van der Waals surface area contributed by atoms with Crippen LogP contribution in [0.3, 0.4) is 0 Å². The second-order valence-electron chi connectivity index (χ2n) is 8.63. The number of urea groups is 1. The van der Waals surface area contributed by atoms with Gasteiger partial charge in [-0.2, -0.15) is 0 Å². The molecule has 3 heterocycles. The maximum Gasteiger partial charge on any atom is 0.317 e. The SMILES string of the molecule is CCNC(=O)N(CCN1CCOCC1)CC(=O)N1CCc2sccc2C1COc1ccc(F)cc1. The van der Waals surface area contributed by atoms with Crippen LogP contribution in [0.2, 0.25) is 0 Å². The summed E-state index contributed by atoms with van der Waals surface area (Å²) in [7, 11) is 0. The molecule has 3 amide bonds. The first-order chi connectivity index (χ1) is 17.0. The molecule has 1 fully saturated rings. The van der Waals surface area contributed by atoms with Gasteiger partial charge >= 0.3 is 6.03 Å². The van der Waals surface area contributed by atoms with Gasteiger partial charge in [0, 0.05) is 44.1 Å². The first-order valence-corrected chi connectivity index (χ1v) is 13.0. The zero-order valence-corrected chi connectivity index (χ0v) is 20.9. The van der Waals surface area contributed by atoms with Gasteiger partial charge in [0.05, 0.1) is 19.3 Å². The van der Waals surface area contributed by atoms with E-state index >= 15 is 0 Å². The molecule has 0 radical (unpaired) electrons. The molecule has 1 saturated heterocycles. The number of hydrogen-bond acceptors (Lipinski definition) is 6. The smallest absolute Gasteiger partial charge is 0.317 e. The van der Waals surface area contributed by atoms with Gasteiger partial charge in [-0.25, -0.2) is 9.18 Å². The fourth-order valence-corrected chi connectivity index (χ4v) is 5.37. The molecular weight excluding hydrogens is 471 g/mol. The molecule has 2 aliphatic rings. The van der Waals surface area contributed by atoms with Crippen LogP contribution in [0.4, 0.5) is 9.18 Å². The molecule has 190 valence electrons. The number of nitrogens with zero attached hydrogens (tertiary/aromatic N) is 3. The molecule has 1 unspecified atom stereocenters. The summed E-state index contributed by atoms with van der Waals surface area (Å²) in [6.07, 6.45) is 0.778. The van der Waals surface area contributed by atoms with Crippen molar-refractivity contribution < 1.29 is 23.5 Å². The fraction of sp³-hybridized carbons (Fsp3) is 0.520. The minimum Gasteiger partial charge on any atom is -0.491 e. The molecule has 2 aromatic rings. The van der Waals surface area contributed by atoms with E-state index in [1.807, 2.05) is 23.3 Å². The lowest BCUT2D eigenvalue weighted by atomic mass is 10.0. The molecule has 0 bridgehead atoms. The molecule has 1 aromatic carbocycles. The van der Waals surface area contributed by atoms with Crippen molar-refractivity contribution in [2.24, 2.45) is 0 Å². The average molecular weight is 505 g/mol. The molecule has 4 rings (SSSR count). The van der Waals surface area contributed by atoms with Crippen LogP contribution in [0.15, 0.2) is 35.7 Å². The van der Waals surface area contributed by atoms with E-state index in [-0.39, 0.29) is 36.9 Å². The van der Waals surface area contributed by atoms with Gasteiger partial charge in [0.15, 0.2) is 0 Å². The molecular formula is C25H33FN4O4S. The van der Waals surface area contributed by atoms with Gasteiger partial charge in [0.1, 0.15) is 24.7 Å². The number of fused-ring (bicyclic) bond motifs is 1. The molecule has 10 heteroatoms. The summed E-state index contributed by atoms with van der Waals surface area (Å²) in [4.78, 5) is 33.2. The minimum absolute atomic E-state index is 0.00267. The van der Waals surface area contributed by atoms with Crippen molar-refractivity contribution in [2.75, 3.05) is 65.6 Å². The van der Waals surface area contributed by atoms with Gasteiger partial charge in [-0.3, -0.25) is 9.69 Å². The highest BCUT2D eigenvalue weighted by molar-refractivity contribution is 7.10. The summed E-state index contributed by atoms with van der Waals surface area (Å²) in [5.74, 6) is 0.118. The molecule has 0 aliphatic carbocycles.